The van der Waals surface area contributed by atoms with E-state index in [1.165, 1.54) is 0 Å². The first kappa shape index (κ1) is 13.7. The Morgan fingerprint density at radius 1 is 0.882 bits per heavy atom. The molecule has 96 valence electrons. The number of benzene rings is 1. The Hall–Kier alpha value is -1.40. The van der Waals surface area contributed by atoms with E-state index in [9.17, 15) is 26.3 Å². The zero-order valence-electron chi connectivity index (χ0n) is 8.83. The van der Waals surface area contributed by atoms with Crippen molar-refractivity contribution in [2.24, 2.45) is 0 Å². The highest BCUT2D eigenvalue weighted by molar-refractivity contribution is 5.44. The van der Waals surface area contributed by atoms with E-state index in [0.717, 1.165) is 20.1 Å². The van der Waals surface area contributed by atoms with Gasteiger partial charge in [-0.1, -0.05) is 0 Å². The lowest BCUT2D eigenvalue weighted by Crippen LogP contribution is -2.13. The van der Waals surface area contributed by atoms with Gasteiger partial charge < -0.3 is 4.74 Å². The molecule has 1 rings (SSSR count). The van der Waals surface area contributed by atoms with Gasteiger partial charge in [0.25, 0.3) is 0 Å². The van der Waals surface area contributed by atoms with Gasteiger partial charge in [-0.3, -0.25) is 0 Å². The summed E-state index contributed by atoms with van der Waals surface area (Å²) >= 11 is 0. The first-order chi connectivity index (χ1) is 7.57. The number of hydrogen-bond acceptors (Lipinski definition) is 1. The van der Waals surface area contributed by atoms with Crippen molar-refractivity contribution in [3.05, 3.63) is 28.8 Å². The molecule has 0 unspecified atom stereocenters. The molecule has 0 fully saturated rings. The van der Waals surface area contributed by atoms with Gasteiger partial charge in [-0.25, -0.2) is 0 Å². The summed E-state index contributed by atoms with van der Waals surface area (Å²) in [4.78, 5) is 0. The minimum Gasteiger partial charge on any atom is -0.496 e. The molecule has 0 spiro atoms. The van der Waals surface area contributed by atoms with Crippen LogP contribution in [0.1, 0.15) is 16.7 Å². The molecule has 7 heteroatoms. The summed E-state index contributed by atoms with van der Waals surface area (Å²) in [5.41, 5.74) is -3.06. The van der Waals surface area contributed by atoms with Crippen LogP contribution in [0, 0.1) is 6.92 Å². The Labute approximate surface area is 93.0 Å². The summed E-state index contributed by atoms with van der Waals surface area (Å²) in [6.07, 6.45) is -9.71. The minimum absolute atomic E-state index is 0.0637. The summed E-state index contributed by atoms with van der Waals surface area (Å²) in [5.74, 6) is -0.622. The Balaban J connectivity index is 3.49. The number of rotatable bonds is 1. The van der Waals surface area contributed by atoms with E-state index in [-0.39, 0.29) is 11.6 Å². The number of methoxy groups -OCH3 is 1. The van der Waals surface area contributed by atoms with E-state index in [2.05, 4.69) is 4.74 Å². The normalized spacial score (nSPS) is 12.7. The molecule has 0 bridgehead atoms. The Morgan fingerprint density at radius 3 is 1.71 bits per heavy atom. The lowest BCUT2D eigenvalue weighted by Gasteiger charge is -2.17. The average Bonchev–Trinajstić information content (AvgIpc) is 2.13. The minimum atomic E-state index is -4.89. The molecule has 0 aliphatic carbocycles. The van der Waals surface area contributed by atoms with Gasteiger partial charge in [-0.05, 0) is 24.6 Å². The fourth-order valence-corrected chi connectivity index (χ4v) is 1.38. The summed E-state index contributed by atoms with van der Waals surface area (Å²) < 4.78 is 79.2. The van der Waals surface area contributed by atoms with Gasteiger partial charge in [0.15, 0.2) is 0 Å². The standard InChI is InChI=1S/C10H8F6O/c1-5-3-8(17-2)7(10(14,15)16)4-6(5)9(11,12)13/h3-4H,1-2H3. The predicted octanol–water partition coefficient (Wildman–Crippen LogP) is 4.04. The second-order valence-corrected chi connectivity index (χ2v) is 3.36. The fourth-order valence-electron chi connectivity index (χ4n) is 1.38. The van der Waals surface area contributed by atoms with E-state index in [1.807, 2.05) is 0 Å². The lowest BCUT2D eigenvalue weighted by molar-refractivity contribution is -0.144. The zero-order valence-corrected chi connectivity index (χ0v) is 8.83. The van der Waals surface area contributed by atoms with Crippen molar-refractivity contribution in [2.75, 3.05) is 7.11 Å². The maximum Gasteiger partial charge on any atom is 0.419 e. The van der Waals surface area contributed by atoms with Gasteiger partial charge in [0.1, 0.15) is 5.75 Å². The van der Waals surface area contributed by atoms with Gasteiger partial charge in [-0.15, -0.1) is 0 Å². The van der Waals surface area contributed by atoms with Crippen LogP contribution in [-0.4, -0.2) is 7.11 Å². The van der Waals surface area contributed by atoms with Gasteiger partial charge in [0, 0.05) is 0 Å². The average molecular weight is 258 g/mol. The number of ether oxygens (including phenoxy) is 1. The van der Waals surface area contributed by atoms with Crippen molar-refractivity contribution >= 4 is 0 Å². The van der Waals surface area contributed by atoms with Crippen LogP contribution in [-0.2, 0) is 12.4 Å². The van der Waals surface area contributed by atoms with Gasteiger partial charge in [0.05, 0.1) is 18.2 Å². The van der Waals surface area contributed by atoms with Gasteiger partial charge in [-0.2, -0.15) is 26.3 Å². The molecule has 1 nitrogen and oxygen atoms in total. The Kier molecular flexibility index (Phi) is 3.31. The lowest BCUT2D eigenvalue weighted by atomic mass is 10.0. The fraction of sp³-hybridized carbons (Fsp3) is 0.400. The van der Waals surface area contributed by atoms with Crippen LogP contribution in [0.3, 0.4) is 0 Å². The molecule has 0 aromatic heterocycles. The second kappa shape index (κ2) is 4.12. The molecule has 0 amide bonds. The van der Waals surface area contributed by atoms with Crippen LogP contribution >= 0.6 is 0 Å². The second-order valence-electron chi connectivity index (χ2n) is 3.36. The summed E-state index contributed by atoms with van der Waals surface area (Å²) in [5, 5.41) is 0. The summed E-state index contributed by atoms with van der Waals surface area (Å²) in [7, 11) is 0.970. The molecule has 0 saturated heterocycles. The maximum absolute atomic E-state index is 12.5. The Morgan fingerprint density at radius 2 is 1.35 bits per heavy atom. The number of aryl methyl sites for hydroxylation is 1. The Bertz CT molecular complexity index is 418. The molecular weight excluding hydrogens is 250 g/mol. The van der Waals surface area contributed by atoms with Crippen molar-refractivity contribution in [3.63, 3.8) is 0 Å². The molecule has 17 heavy (non-hydrogen) atoms. The molecule has 0 aliphatic heterocycles. The monoisotopic (exact) mass is 258 g/mol. The molecule has 0 radical (unpaired) electrons. The van der Waals surface area contributed by atoms with Crippen LogP contribution in [0.4, 0.5) is 26.3 Å². The third kappa shape index (κ3) is 2.83. The van der Waals surface area contributed by atoms with Crippen LogP contribution in [0.15, 0.2) is 12.1 Å². The van der Waals surface area contributed by atoms with Crippen LogP contribution < -0.4 is 4.74 Å². The topological polar surface area (TPSA) is 9.23 Å². The molecule has 1 aromatic carbocycles. The van der Waals surface area contributed by atoms with Crippen molar-refractivity contribution in [1.82, 2.24) is 0 Å². The van der Waals surface area contributed by atoms with Crippen molar-refractivity contribution in [1.29, 1.82) is 0 Å². The first-order valence-corrected chi connectivity index (χ1v) is 4.40. The van der Waals surface area contributed by atoms with Crippen molar-refractivity contribution in [3.8, 4) is 5.75 Å². The molecule has 0 atom stereocenters. The molecule has 0 aliphatic rings. The molecule has 0 N–H and O–H groups in total. The van der Waals surface area contributed by atoms with E-state index in [4.69, 9.17) is 0 Å². The molecule has 1 aromatic rings. The molecule has 0 saturated carbocycles. The maximum atomic E-state index is 12.5. The first-order valence-electron chi connectivity index (χ1n) is 4.40. The third-order valence-electron chi connectivity index (χ3n) is 2.16. The quantitative estimate of drug-likeness (QED) is 0.691. The number of hydrogen-bond donors (Lipinski definition) is 0. The zero-order chi connectivity index (χ0) is 13.4. The highest BCUT2D eigenvalue weighted by Gasteiger charge is 2.39. The van der Waals surface area contributed by atoms with Gasteiger partial charge >= 0.3 is 12.4 Å². The van der Waals surface area contributed by atoms with Crippen LogP contribution in [0.25, 0.3) is 0 Å². The summed E-state index contributed by atoms with van der Waals surface area (Å²) in [6.45, 7) is 1.07. The number of alkyl halides is 6. The van der Waals surface area contributed by atoms with Gasteiger partial charge in [0.2, 0.25) is 0 Å². The SMILES string of the molecule is COc1cc(C)c(C(F)(F)F)cc1C(F)(F)F. The van der Waals surface area contributed by atoms with Crippen molar-refractivity contribution in [2.45, 2.75) is 19.3 Å². The third-order valence-corrected chi connectivity index (χ3v) is 2.16. The highest BCUT2D eigenvalue weighted by Crippen LogP contribution is 2.41. The van der Waals surface area contributed by atoms with Crippen molar-refractivity contribution < 1.29 is 31.1 Å². The highest BCUT2D eigenvalue weighted by atomic mass is 19.4. The molecular formula is C10H8F6O. The largest absolute Gasteiger partial charge is 0.496 e. The predicted molar refractivity (Wildman–Crippen MR) is 47.7 cm³/mol. The van der Waals surface area contributed by atoms with E-state index in [1.54, 1.807) is 0 Å². The van der Waals surface area contributed by atoms with E-state index < -0.39 is 29.2 Å². The van der Waals surface area contributed by atoms with E-state index >= 15 is 0 Å². The van der Waals surface area contributed by atoms with E-state index in [0.29, 0.717) is 0 Å². The smallest absolute Gasteiger partial charge is 0.419 e. The number of halogens is 6. The summed E-state index contributed by atoms with van der Waals surface area (Å²) in [6, 6.07) is 0.791. The van der Waals surface area contributed by atoms with Crippen LogP contribution in [0.2, 0.25) is 0 Å². The molecule has 0 heterocycles. The van der Waals surface area contributed by atoms with Crippen LogP contribution in [0.5, 0.6) is 5.75 Å².